The molecule has 0 saturated carbocycles. The van der Waals surface area contributed by atoms with Crippen molar-refractivity contribution in [2.45, 2.75) is 27.7 Å². The van der Waals surface area contributed by atoms with Crippen LogP contribution in [0.3, 0.4) is 0 Å². The third-order valence-corrected chi connectivity index (χ3v) is 15.3. The van der Waals surface area contributed by atoms with Gasteiger partial charge in [-0.2, -0.15) is 0 Å². The Bertz CT molecular complexity index is 3660. The molecule has 0 N–H and O–H groups in total. The number of hydrogen-bond acceptors (Lipinski definition) is 0. The summed E-state index contributed by atoms with van der Waals surface area (Å²) in [6.07, 6.45) is 0. The molecule has 0 aliphatic carbocycles. The van der Waals surface area contributed by atoms with E-state index in [0.29, 0.717) is 0 Å². The van der Waals surface area contributed by atoms with Crippen LogP contribution >= 0.6 is 0 Å². The van der Waals surface area contributed by atoms with Gasteiger partial charge in [-0.25, -0.2) is 0 Å². The SMILES string of the molecule is Cc1cccc(-c2ccccc2)c1-c1cc2cc(-c3c(C)cccc3-c3ccccc3)cc3c4cc(-c5c(C)cccc5-c5ccccc5)cc5cc(-c6c(C)cccc6-c6ccccc6)cc(c(c1)c23)c54. The van der Waals surface area contributed by atoms with Crippen LogP contribution in [-0.2, 0) is 0 Å². The Kier molecular flexibility index (Phi) is 10.5. The predicted molar refractivity (Wildman–Crippen MR) is 310 cm³/mol. The molecule has 0 radical (unpaired) electrons. The summed E-state index contributed by atoms with van der Waals surface area (Å²) in [4.78, 5) is 0. The van der Waals surface area contributed by atoms with Crippen molar-refractivity contribution in [3.05, 3.63) is 265 Å². The molecule has 0 spiro atoms. The van der Waals surface area contributed by atoms with Crippen LogP contribution in [0.15, 0.2) is 243 Å². The second kappa shape index (κ2) is 17.5. The minimum atomic E-state index is 1.22. The van der Waals surface area contributed by atoms with E-state index in [9.17, 15) is 0 Å². The second-order valence-electron chi connectivity index (χ2n) is 19.7. The standard InChI is InChI=1S/C72H52/c1-45-21-17-33-59(49-25-9-5-10-26-49)67(45)55-37-53-38-56(68-46(2)22-18-34-60(68)50-27-11-6-12-28-50)43-65-66-44-58(70-48(4)24-20-36-62(70)52-31-15-8-16-32-52)40-54-39-57(42-64(72(54)66)63(41-55)71(53)65)69-47(3)23-19-35-61(69)51-29-13-7-14-30-51/h5-44H,1-4H3. The van der Waals surface area contributed by atoms with Gasteiger partial charge in [0.15, 0.2) is 0 Å². The summed E-state index contributed by atoms with van der Waals surface area (Å²) in [5.74, 6) is 0. The van der Waals surface area contributed by atoms with Gasteiger partial charge in [0, 0.05) is 0 Å². The van der Waals surface area contributed by atoms with E-state index in [1.807, 2.05) is 0 Å². The maximum absolute atomic E-state index is 2.52. The summed E-state index contributed by atoms with van der Waals surface area (Å²) in [6, 6.07) is 90.7. The van der Waals surface area contributed by atoms with Gasteiger partial charge in [-0.05, 0) is 231 Å². The summed E-state index contributed by atoms with van der Waals surface area (Å²) in [5, 5.41) is 10.1. The molecule has 72 heavy (non-hydrogen) atoms. The third-order valence-electron chi connectivity index (χ3n) is 15.3. The lowest BCUT2D eigenvalue weighted by molar-refractivity contribution is 1.45. The lowest BCUT2D eigenvalue weighted by Gasteiger charge is -2.23. The molecule has 0 nitrogen and oxygen atoms in total. The van der Waals surface area contributed by atoms with E-state index in [0.717, 1.165) is 0 Å². The molecule has 0 aliphatic rings. The quantitative estimate of drug-likeness (QED) is 0.105. The smallest absolute Gasteiger partial charge is 0.00255 e. The van der Waals surface area contributed by atoms with Gasteiger partial charge in [0.1, 0.15) is 0 Å². The highest BCUT2D eigenvalue weighted by Crippen LogP contribution is 2.50. The maximum Gasteiger partial charge on any atom is -0.00255 e. The maximum atomic E-state index is 2.52. The van der Waals surface area contributed by atoms with Gasteiger partial charge >= 0.3 is 0 Å². The number of fused-ring (bicyclic) bond motifs is 2. The van der Waals surface area contributed by atoms with Crippen molar-refractivity contribution >= 4 is 43.1 Å². The monoisotopic (exact) mass is 916 g/mol. The first-order chi connectivity index (χ1) is 35.4. The third kappa shape index (κ3) is 7.21. The van der Waals surface area contributed by atoms with Crippen molar-refractivity contribution in [1.29, 1.82) is 0 Å². The van der Waals surface area contributed by atoms with Gasteiger partial charge in [-0.1, -0.05) is 194 Å². The average molecular weight is 917 g/mol. The molecule has 0 aromatic heterocycles. The summed E-state index contributed by atoms with van der Waals surface area (Å²) < 4.78 is 0. The van der Waals surface area contributed by atoms with Crippen LogP contribution in [0.2, 0.25) is 0 Å². The number of hydrogen-bond donors (Lipinski definition) is 0. The molecule has 0 aliphatic heterocycles. The van der Waals surface area contributed by atoms with Crippen LogP contribution in [0.25, 0.3) is 132 Å². The lowest BCUT2D eigenvalue weighted by Crippen LogP contribution is -1.96. The zero-order valence-corrected chi connectivity index (χ0v) is 41.1. The van der Waals surface area contributed by atoms with Gasteiger partial charge in [0.25, 0.3) is 0 Å². The van der Waals surface area contributed by atoms with Crippen molar-refractivity contribution in [2.75, 3.05) is 0 Å². The van der Waals surface area contributed by atoms with Crippen LogP contribution in [0.1, 0.15) is 22.3 Å². The van der Waals surface area contributed by atoms with Crippen molar-refractivity contribution in [2.24, 2.45) is 0 Å². The predicted octanol–water partition coefficient (Wildman–Crippen LogP) is 20.3. The van der Waals surface area contributed by atoms with Crippen molar-refractivity contribution in [3.63, 3.8) is 0 Å². The topological polar surface area (TPSA) is 0 Å². The van der Waals surface area contributed by atoms with Crippen LogP contribution in [0.5, 0.6) is 0 Å². The van der Waals surface area contributed by atoms with E-state index in [-0.39, 0.29) is 0 Å². The molecule has 0 bridgehead atoms. The molecule has 0 saturated heterocycles. The minimum Gasteiger partial charge on any atom is -0.0622 e. The summed E-state index contributed by atoms with van der Waals surface area (Å²) in [7, 11) is 0. The molecule has 13 rings (SSSR count). The van der Waals surface area contributed by atoms with Crippen molar-refractivity contribution < 1.29 is 0 Å². The van der Waals surface area contributed by atoms with E-state index in [4.69, 9.17) is 0 Å². The molecule has 0 fully saturated rings. The lowest BCUT2D eigenvalue weighted by atomic mass is 9.80. The van der Waals surface area contributed by atoms with E-state index in [1.54, 1.807) is 0 Å². The molecular formula is C72H52. The van der Waals surface area contributed by atoms with Gasteiger partial charge in [-0.3, -0.25) is 0 Å². The Balaban J connectivity index is 1.22. The normalized spacial score (nSPS) is 11.6. The van der Waals surface area contributed by atoms with Crippen LogP contribution in [0.4, 0.5) is 0 Å². The van der Waals surface area contributed by atoms with E-state index >= 15 is 0 Å². The van der Waals surface area contributed by atoms with Gasteiger partial charge in [0.2, 0.25) is 0 Å². The molecule has 0 atom stereocenters. The molecule has 13 aromatic rings. The van der Waals surface area contributed by atoms with E-state index < -0.39 is 0 Å². The Morgan fingerprint density at radius 2 is 0.417 bits per heavy atom. The highest BCUT2D eigenvalue weighted by atomic mass is 14.3. The molecule has 0 unspecified atom stereocenters. The Morgan fingerprint density at radius 1 is 0.194 bits per heavy atom. The first-order valence-electron chi connectivity index (χ1n) is 25.2. The fourth-order valence-corrected chi connectivity index (χ4v) is 12.1. The zero-order valence-electron chi connectivity index (χ0n) is 41.1. The van der Waals surface area contributed by atoms with Crippen molar-refractivity contribution in [3.8, 4) is 89.0 Å². The molecular weight excluding hydrogens is 865 g/mol. The highest BCUT2D eigenvalue weighted by molar-refractivity contribution is 6.35. The Morgan fingerprint density at radius 3 is 0.639 bits per heavy atom. The largest absolute Gasteiger partial charge is 0.0622 e. The highest BCUT2D eigenvalue weighted by Gasteiger charge is 2.23. The molecule has 0 heterocycles. The van der Waals surface area contributed by atoms with Gasteiger partial charge in [-0.15, -0.1) is 0 Å². The first-order valence-corrected chi connectivity index (χ1v) is 25.2. The molecule has 0 amide bonds. The second-order valence-corrected chi connectivity index (χ2v) is 19.7. The fraction of sp³-hybridized carbons (Fsp3) is 0.0556. The van der Waals surface area contributed by atoms with E-state index in [1.165, 1.54) is 154 Å². The summed E-state index contributed by atoms with van der Waals surface area (Å²) in [6.45, 7) is 9.08. The number of rotatable bonds is 8. The van der Waals surface area contributed by atoms with E-state index in [2.05, 4.69) is 270 Å². The first kappa shape index (κ1) is 43.2. The summed E-state index contributed by atoms with van der Waals surface area (Å²) >= 11 is 0. The minimum absolute atomic E-state index is 1.22. The molecule has 0 heteroatoms. The van der Waals surface area contributed by atoms with Crippen LogP contribution in [-0.4, -0.2) is 0 Å². The zero-order chi connectivity index (χ0) is 48.5. The van der Waals surface area contributed by atoms with Gasteiger partial charge < -0.3 is 0 Å². The van der Waals surface area contributed by atoms with Crippen molar-refractivity contribution in [1.82, 2.24) is 0 Å². The average Bonchev–Trinajstić information content (AvgIpc) is 3.42. The van der Waals surface area contributed by atoms with Crippen LogP contribution in [0, 0.1) is 27.7 Å². The van der Waals surface area contributed by atoms with Gasteiger partial charge in [0.05, 0.1) is 0 Å². The number of benzene rings is 13. The van der Waals surface area contributed by atoms with Crippen LogP contribution < -0.4 is 0 Å². The number of aryl methyl sites for hydroxylation is 4. The summed E-state index contributed by atoms with van der Waals surface area (Å²) in [5.41, 5.74) is 24.8. The Hall–Kier alpha value is -8.84. The molecule has 13 aromatic carbocycles. The Labute approximate surface area is 422 Å². The molecule has 340 valence electrons. The fourth-order valence-electron chi connectivity index (χ4n) is 12.1.